The van der Waals surface area contributed by atoms with Gasteiger partial charge in [0.1, 0.15) is 0 Å². The van der Waals surface area contributed by atoms with E-state index in [1.165, 1.54) is 17.9 Å². The molecule has 0 radical (unpaired) electrons. The predicted molar refractivity (Wildman–Crippen MR) is 49.1 cm³/mol. The summed E-state index contributed by atoms with van der Waals surface area (Å²) in [4.78, 5) is 12.8. The number of amides is 1. The first-order chi connectivity index (χ1) is 6.45. The minimum absolute atomic E-state index is 0.0451. The van der Waals surface area contributed by atoms with Crippen LogP contribution in [0.5, 0.6) is 0 Å². The van der Waals surface area contributed by atoms with Crippen LogP contribution >= 0.6 is 0 Å². The largest absolute Gasteiger partial charge is 0.345 e. The fraction of sp³-hybridized carbons (Fsp3) is 0.300. The Morgan fingerprint density at radius 1 is 1.29 bits per heavy atom. The topological polar surface area (TPSA) is 20.3 Å². The van der Waals surface area contributed by atoms with Gasteiger partial charge in [-0.1, -0.05) is 0 Å². The van der Waals surface area contributed by atoms with Gasteiger partial charge in [0.2, 0.25) is 0 Å². The number of hydrogen-bond acceptors (Lipinski definition) is 1. The normalized spacial score (nSPS) is 10.1. The maximum Gasteiger partial charge on any atom is 0.253 e. The van der Waals surface area contributed by atoms with Crippen molar-refractivity contribution in [2.45, 2.75) is 6.92 Å². The molecule has 0 aliphatic carbocycles. The Kier molecular flexibility index (Phi) is 2.84. The van der Waals surface area contributed by atoms with Crippen LogP contribution < -0.4 is 0 Å². The summed E-state index contributed by atoms with van der Waals surface area (Å²) < 4.78 is 25.8. The molecule has 4 heteroatoms. The van der Waals surface area contributed by atoms with Gasteiger partial charge in [-0.15, -0.1) is 0 Å². The van der Waals surface area contributed by atoms with E-state index >= 15 is 0 Å². The van der Waals surface area contributed by atoms with Crippen molar-refractivity contribution in [3.8, 4) is 0 Å². The van der Waals surface area contributed by atoms with Crippen molar-refractivity contribution in [3.05, 3.63) is 34.9 Å². The van der Waals surface area contributed by atoms with Crippen molar-refractivity contribution in [3.63, 3.8) is 0 Å². The van der Waals surface area contributed by atoms with Gasteiger partial charge in [-0.25, -0.2) is 8.78 Å². The molecule has 0 N–H and O–H groups in total. The summed E-state index contributed by atoms with van der Waals surface area (Å²) >= 11 is 0. The van der Waals surface area contributed by atoms with Crippen molar-refractivity contribution in [2.75, 3.05) is 14.1 Å². The lowest BCUT2D eigenvalue weighted by molar-refractivity contribution is 0.0826. The Labute approximate surface area is 81.1 Å². The molecule has 0 unspecified atom stereocenters. The van der Waals surface area contributed by atoms with Crippen molar-refractivity contribution in [2.24, 2.45) is 0 Å². The lowest BCUT2D eigenvalue weighted by Gasteiger charge is -2.12. The molecule has 0 aromatic heterocycles. The third-order valence-corrected chi connectivity index (χ3v) is 1.98. The lowest BCUT2D eigenvalue weighted by Crippen LogP contribution is -2.23. The molecular weight excluding hydrogens is 188 g/mol. The van der Waals surface area contributed by atoms with Crippen molar-refractivity contribution in [1.29, 1.82) is 0 Å². The molecule has 0 aliphatic rings. The standard InChI is InChI=1S/C10H11F2NO/c1-6-7(10(14)13(2)3)4-5-8(11)9(6)12/h4-5H,1-3H3. The Morgan fingerprint density at radius 3 is 2.36 bits per heavy atom. The van der Waals surface area contributed by atoms with E-state index < -0.39 is 11.6 Å². The molecular formula is C10H11F2NO. The van der Waals surface area contributed by atoms with Gasteiger partial charge in [0, 0.05) is 25.2 Å². The van der Waals surface area contributed by atoms with Crippen LogP contribution in [0, 0.1) is 18.6 Å². The zero-order chi connectivity index (χ0) is 10.9. The Morgan fingerprint density at radius 2 is 1.86 bits per heavy atom. The molecule has 0 fully saturated rings. The van der Waals surface area contributed by atoms with Crippen LogP contribution in [-0.4, -0.2) is 24.9 Å². The average molecular weight is 199 g/mol. The van der Waals surface area contributed by atoms with Gasteiger partial charge >= 0.3 is 0 Å². The Balaban J connectivity index is 3.24. The lowest BCUT2D eigenvalue weighted by atomic mass is 10.1. The van der Waals surface area contributed by atoms with Gasteiger partial charge in [-0.3, -0.25) is 4.79 Å². The highest BCUT2D eigenvalue weighted by atomic mass is 19.2. The molecule has 0 atom stereocenters. The average Bonchev–Trinajstić information content (AvgIpc) is 2.13. The highest BCUT2D eigenvalue weighted by Gasteiger charge is 2.16. The first-order valence-corrected chi connectivity index (χ1v) is 4.11. The molecule has 0 saturated heterocycles. The smallest absolute Gasteiger partial charge is 0.253 e. The first kappa shape index (κ1) is 10.6. The highest BCUT2D eigenvalue weighted by Crippen LogP contribution is 2.16. The number of hydrogen-bond donors (Lipinski definition) is 0. The minimum Gasteiger partial charge on any atom is -0.345 e. The number of halogens is 2. The van der Waals surface area contributed by atoms with E-state index in [4.69, 9.17) is 0 Å². The van der Waals surface area contributed by atoms with Crippen LogP contribution in [0.15, 0.2) is 12.1 Å². The summed E-state index contributed by atoms with van der Waals surface area (Å²) in [6.07, 6.45) is 0. The van der Waals surface area contributed by atoms with Gasteiger partial charge in [0.15, 0.2) is 11.6 Å². The fourth-order valence-corrected chi connectivity index (χ4v) is 1.12. The molecule has 0 spiro atoms. The first-order valence-electron chi connectivity index (χ1n) is 4.11. The molecule has 76 valence electrons. The second-order valence-electron chi connectivity index (χ2n) is 3.23. The van der Waals surface area contributed by atoms with Crippen molar-refractivity contribution < 1.29 is 13.6 Å². The predicted octanol–water partition coefficient (Wildman–Crippen LogP) is 1.98. The van der Waals surface area contributed by atoms with Crippen LogP contribution in [0.2, 0.25) is 0 Å². The molecule has 0 aliphatic heterocycles. The van der Waals surface area contributed by atoms with Gasteiger partial charge in [0.25, 0.3) is 5.91 Å². The second-order valence-corrected chi connectivity index (χ2v) is 3.23. The minimum atomic E-state index is -0.960. The quantitative estimate of drug-likeness (QED) is 0.677. The van der Waals surface area contributed by atoms with E-state index in [-0.39, 0.29) is 17.0 Å². The number of nitrogens with zero attached hydrogens (tertiary/aromatic N) is 1. The van der Waals surface area contributed by atoms with E-state index in [1.807, 2.05) is 0 Å². The molecule has 0 saturated carbocycles. The number of carbonyl (C=O) groups is 1. The third-order valence-electron chi connectivity index (χ3n) is 1.98. The molecule has 1 amide bonds. The van der Waals surface area contributed by atoms with E-state index in [2.05, 4.69) is 0 Å². The van der Waals surface area contributed by atoms with E-state index in [1.54, 1.807) is 14.1 Å². The molecule has 2 nitrogen and oxygen atoms in total. The molecule has 14 heavy (non-hydrogen) atoms. The number of benzene rings is 1. The van der Waals surface area contributed by atoms with Crippen molar-refractivity contribution >= 4 is 5.91 Å². The monoisotopic (exact) mass is 199 g/mol. The SMILES string of the molecule is Cc1c(C(=O)N(C)C)ccc(F)c1F. The van der Waals surface area contributed by atoms with Crippen molar-refractivity contribution in [1.82, 2.24) is 4.90 Å². The fourth-order valence-electron chi connectivity index (χ4n) is 1.12. The third kappa shape index (κ3) is 1.73. The maximum atomic E-state index is 13.1. The van der Waals surface area contributed by atoms with E-state index in [0.717, 1.165) is 6.07 Å². The van der Waals surface area contributed by atoms with Gasteiger partial charge < -0.3 is 4.90 Å². The van der Waals surface area contributed by atoms with Crippen LogP contribution in [0.1, 0.15) is 15.9 Å². The zero-order valence-corrected chi connectivity index (χ0v) is 8.27. The van der Waals surface area contributed by atoms with Gasteiger partial charge in [-0.2, -0.15) is 0 Å². The Hall–Kier alpha value is -1.45. The molecule has 1 rings (SSSR count). The van der Waals surface area contributed by atoms with Gasteiger partial charge in [0.05, 0.1) is 0 Å². The summed E-state index contributed by atoms with van der Waals surface area (Å²) in [5.41, 5.74) is 0.234. The molecule has 1 aromatic rings. The highest BCUT2D eigenvalue weighted by molar-refractivity contribution is 5.95. The zero-order valence-electron chi connectivity index (χ0n) is 8.27. The summed E-state index contributed by atoms with van der Waals surface area (Å²) in [6.45, 7) is 1.38. The van der Waals surface area contributed by atoms with Crippen LogP contribution in [0.25, 0.3) is 0 Å². The maximum absolute atomic E-state index is 13.1. The number of rotatable bonds is 1. The number of carbonyl (C=O) groups excluding carboxylic acids is 1. The summed E-state index contributed by atoms with van der Waals surface area (Å²) in [6, 6.07) is 2.25. The summed E-state index contributed by atoms with van der Waals surface area (Å²) in [5, 5.41) is 0. The summed E-state index contributed by atoms with van der Waals surface area (Å²) in [5.74, 6) is -2.23. The summed E-state index contributed by atoms with van der Waals surface area (Å²) in [7, 11) is 3.12. The van der Waals surface area contributed by atoms with Crippen LogP contribution in [-0.2, 0) is 0 Å². The van der Waals surface area contributed by atoms with E-state index in [0.29, 0.717) is 0 Å². The van der Waals surface area contributed by atoms with Crippen LogP contribution in [0.3, 0.4) is 0 Å². The van der Waals surface area contributed by atoms with Gasteiger partial charge in [-0.05, 0) is 19.1 Å². The van der Waals surface area contributed by atoms with Crippen LogP contribution in [0.4, 0.5) is 8.78 Å². The molecule has 0 bridgehead atoms. The Bertz CT molecular complexity index is 375. The molecule has 0 heterocycles. The van der Waals surface area contributed by atoms with E-state index in [9.17, 15) is 13.6 Å². The second kappa shape index (κ2) is 3.74. The molecule has 1 aromatic carbocycles.